The maximum atomic E-state index is 12.6. The minimum absolute atomic E-state index is 0.199. The molecule has 192 valence electrons. The van der Waals surface area contributed by atoms with Crippen molar-refractivity contribution in [1.29, 1.82) is 0 Å². The predicted molar refractivity (Wildman–Crippen MR) is 144 cm³/mol. The number of amides is 1. The standard InChI is InChI=1S/C20H25ClN4O2.C8H10O/c1-15-5-6-18(17(21)14-15)27-20-16(4-3-7-23-20)19(26)22-8-9-25-12-10-24(2)11-13-25;1-9-7-8-5-3-2-4-6-8/h3-7,14H,8-13H2,1-2H3,(H,22,26);2-6H,7H2,1H3. The second kappa shape index (κ2) is 14.6. The normalized spacial score (nSPS) is 14.0. The molecule has 0 aliphatic carbocycles. The number of methoxy groups -OCH3 is 1. The molecule has 0 unspecified atom stereocenters. The second-order valence-corrected chi connectivity index (χ2v) is 9.12. The summed E-state index contributed by atoms with van der Waals surface area (Å²) >= 11 is 6.23. The second-order valence-electron chi connectivity index (χ2n) is 8.71. The quantitative estimate of drug-likeness (QED) is 0.476. The molecule has 1 aromatic heterocycles. The number of halogens is 1. The summed E-state index contributed by atoms with van der Waals surface area (Å²) < 4.78 is 10.7. The van der Waals surface area contributed by atoms with Crippen LogP contribution >= 0.6 is 11.6 Å². The molecule has 2 aromatic carbocycles. The molecule has 36 heavy (non-hydrogen) atoms. The van der Waals surface area contributed by atoms with E-state index in [1.54, 1.807) is 31.5 Å². The van der Waals surface area contributed by atoms with Gasteiger partial charge in [0.1, 0.15) is 11.3 Å². The van der Waals surface area contributed by atoms with Gasteiger partial charge >= 0.3 is 0 Å². The summed E-state index contributed by atoms with van der Waals surface area (Å²) in [5, 5.41) is 3.45. The van der Waals surface area contributed by atoms with E-state index in [1.807, 2.05) is 49.4 Å². The van der Waals surface area contributed by atoms with Crippen LogP contribution in [0.5, 0.6) is 11.6 Å². The van der Waals surface area contributed by atoms with Gasteiger partial charge in [-0.25, -0.2) is 4.98 Å². The molecule has 1 saturated heterocycles. The molecular formula is C28H35ClN4O3. The lowest BCUT2D eigenvalue weighted by Gasteiger charge is -2.32. The van der Waals surface area contributed by atoms with Crippen LogP contribution in [0.1, 0.15) is 21.5 Å². The van der Waals surface area contributed by atoms with Gasteiger partial charge in [-0.1, -0.05) is 48.0 Å². The molecule has 0 spiro atoms. The smallest absolute Gasteiger partial charge is 0.256 e. The van der Waals surface area contributed by atoms with Crippen molar-refractivity contribution < 1.29 is 14.3 Å². The van der Waals surface area contributed by atoms with Crippen LogP contribution in [0.2, 0.25) is 5.02 Å². The Labute approximate surface area is 219 Å². The first-order valence-corrected chi connectivity index (χ1v) is 12.4. The fourth-order valence-electron chi connectivity index (χ4n) is 3.67. The molecule has 1 aliphatic rings. The van der Waals surface area contributed by atoms with E-state index in [1.165, 1.54) is 5.56 Å². The largest absolute Gasteiger partial charge is 0.437 e. The number of benzene rings is 2. The number of piperazine rings is 1. The number of hydrogen-bond donors (Lipinski definition) is 1. The van der Waals surface area contributed by atoms with Gasteiger partial charge in [0.2, 0.25) is 5.88 Å². The third-order valence-electron chi connectivity index (χ3n) is 5.77. The summed E-state index contributed by atoms with van der Waals surface area (Å²) in [5.74, 6) is 0.531. The van der Waals surface area contributed by atoms with Crippen molar-refractivity contribution in [3.8, 4) is 11.6 Å². The lowest BCUT2D eigenvalue weighted by Crippen LogP contribution is -2.46. The summed E-state index contributed by atoms with van der Waals surface area (Å²) in [6.07, 6.45) is 1.60. The first-order chi connectivity index (χ1) is 17.5. The monoisotopic (exact) mass is 510 g/mol. The molecule has 1 N–H and O–H groups in total. The third kappa shape index (κ3) is 8.91. The maximum absolute atomic E-state index is 12.6. The number of carbonyl (C=O) groups excluding carboxylic acids is 1. The van der Waals surface area contributed by atoms with Crippen LogP contribution in [-0.2, 0) is 11.3 Å². The van der Waals surface area contributed by atoms with E-state index in [0.717, 1.165) is 38.3 Å². The number of aromatic nitrogens is 1. The van der Waals surface area contributed by atoms with Gasteiger partial charge in [0.15, 0.2) is 0 Å². The third-order valence-corrected chi connectivity index (χ3v) is 6.07. The van der Waals surface area contributed by atoms with Crippen molar-refractivity contribution in [2.24, 2.45) is 0 Å². The summed E-state index contributed by atoms with van der Waals surface area (Å²) in [6.45, 7) is 8.26. The lowest BCUT2D eigenvalue weighted by molar-refractivity contribution is 0.0938. The molecule has 1 fully saturated rings. The number of likely N-dealkylation sites (N-methyl/N-ethyl adjacent to an activating group) is 1. The number of rotatable bonds is 8. The predicted octanol–water partition coefficient (Wildman–Crippen LogP) is 4.65. The highest BCUT2D eigenvalue weighted by Gasteiger charge is 2.17. The van der Waals surface area contributed by atoms with E-state index in [-0.39, 0.29) is 11.8 Å². The summed E-state index contributed by atoms with van der Waals surface area (Å²) in [6, 6.07) is 19.0. The van der Waals surface area contributed by atoms with Crippen molar-refractivity contribution in [3.63, 3.8) is 0 Å². The Bertz CT molecular complexity index is 1090. The highest BCUT2D eigenvalue weighted by molar-refractivity contribution is 6.32. The topological polar surface area (TPSA) is 66.9 Å². The fraction of sp³-hybridized carbons (Fsp3) is 0.357. The van der Waals surface area contributed by atoms with Crippen LogP contribution in [0.25, 0.3) is 0 Å². The van der Waals surface area contributed by atoms with Gasteiger partial charge in [0.25, 0.3) is 5.91 Å². The number of ether oxygens (including phenoxy) is 2. The Kier molecular flexibility index (Phi) is 11.2. The van der Waals surface area contributed by atoms with Gasteiger partial charge in [-0.3, -0.25) is 9.69 Å². The van der Waals surface area contributed by atoms with Gasteiger partial charge in [0.05, 0.1) is 11.6 Å². The fourth-order valence-corrected chi connectivity index (χ4v) is 3.95. The number of carbonyl (C=O) groups is 1. The van der Waals surface area contributed by atoms with E-state index in [2.05, 4.69) is 27.1 Å². The van der Waals surface area contributed by atoms with E-state index >= 15 is 0 Å². The molecule has 4 rings (SSSR count). The Morgan fingerprint density at radius 2 is 1.81 bits per heavy atom. The van der Waals surface area contributed by atoms with Crippen LogP contribution < -0.4 is 10.1 Å². The van der Waals surface area contributed by atoms with Crippen molar-refractivity contribution in [1.82, 2.24) is 20.1 Å². The van der Waals surface area contributed by atoms with E-state index < -0.39 is 0 Å². The summed E-state index contributed by atoms with van der Waals surface area (Å²) in [5.41, 5.74) is 2.66. The van der Waals surface area contributed by atoms with Crippen LogP contribution in [-0.4, -0.2) is 74.1 Å². The van der Waals surface area contributed by atoms with Gasteiger partial charge in [-0.05, 0) is 49.4 Å². The number of pyridine rings is 1. The maximum Gasteiger partial charge on any atom is 0.256 e. The molecular weight excluding hydrogens is 476 g/mol. The molecule has 3 aromatic rings. The van der Waals surface area contributed by atoms with E-state index in [9.17, 15) is 4.79 Å². The number of nitrogens with zero attached hydrogens (tertiary/aromatic N) is 3. The Balaban J connectivity index is 0.000000338. The summed E-state index contributed by atoms with van der Waals surface area (Å²) in [7, 11) is 3.83. The molecule has 8 heteroatoms. The van der Waals surface area contributed by atoms with Crippen LogP contribution in [0.4, 0.5) is 0 Å². The average Bonchev–Trinajstić information content (AvgIpc) is 2.88. The highest BCUT2D eigenvalue weighted by Crippen LogP contribution is 2.30. The number of nitrogens with one attached hydrogen (secondary N) is 1. The highest BCUT2D eigenvalue weighted by atomic mass is 35.5. The van der Waals surface area contributed by atoms with Crippen LogP contribution in [0.3, 0.4) is 0 Å². The zero-order valence-electron chi connectivity index (χ0n) is 21.2. The van der Waals surface area contributed by atoms with Gasteiger partial charge < -0.3 is 19.7 Å². The van der Waals surface area contributed by atoms with Gasteiger partial charge in [-0.15, -0.1) is 0 Å². The molecule has 0 atom stereocenters. The zero-order valence-corrected chi connectivity index (χ0v) is 22.0. The molecule has 7 nitrogen and oxygen atoms in total. The minimum atomic E-state index is -0.199. The van der Waals surface area contributed by atoms with Crippen molar-refractivity contribution in [2.75, 3.05) is 53.4 Å². The van der Waals surface area contributed by atoms with Gasteiger partial charge in [-0.2, -0.15) is 0 Å². The zero-order chi connectivity index (χ0) is 25.8. The van der Waals surface area contributed by atoms with Gasteiger partial charge in [0, 0.05) is 52.6 Å². The SMILES string of the molecule is COCc1ccccc1.Cc1ccc(Oc2ncccc2C(=O)NCCN2CCN(C)CC2)c(Cl)c1. The van der Waals surface area contributed by atoms with Crippen molar-refractivity contribution >= 4 is 17.5 Å². The molecule has 0 saturated carbocycles. The first-order valence-electron chi connectivity index (χ1n) is 12.1. The molecule has 2 heterocycles. The molecule has 1 amide bonds. The average molecular weight is 511 g/mol. The number of aryl methyl sites for hydroxylation is 1. The Morgan fingerprint density at radius 3 is 2.50 bits per heavy atom. The molecule has 1 aliphatic heterocycles. The number of hydrogen-bond acceptors (Lipinski definition) is 6. The molecule has 0 radical (unpaired) electrons. The lowest BCUT2D eigenvalue weighted by atomic mass is 10.2. The van der Waals surface area contributed by atoms with Crippen molar-refractivity contribution in [3.05, 3.63) is 88.6 Å². The van der Waals surface area contributed by atoms with Crippen LogP contribution in [0.15, 0.2) is 66.9 Å². The Morgan fingerprint density at radius 1 is 1.06 bits per heavy atom. The van der Waals surface area contributed by atoms with E-state index in [0.29, 0.717) is 29.5 Å². The van der Waals surface area contributed by atoms with Crippen molar-refractivity contribution in [2.45, 2.75) is 13.5 Å². The minimum Gasteiger partial charge on any atom is -0.437 e. The first kappa shape index (κ1) is 27.6. The molecule has 0 bridgehead atoms. The summed E-state index contributed by atoms with van der Waals surface area (Å²) in [4.78, 5) is 21.5. The van der Waals surface area contributed by atoms with E-state index in [4.69, 9.17) is 21.1 Å². The van der Waals surface area contributed by atoms with Crippen LogP contribution in [0, 0.1) is 6.92 Å². The Hall–Kier alpha value is -2.97.